The van der Waals surface area contributed by atoms with Crippen LogP contribution in [-0.4, -0.2) is 6.71 Å². The van der Waals surface area contributed by atoms with Crippen molar-refractivity contribution in [2.45, 2.75) is 13.2 Å². The Balaban J connectivity index is 2.48. The van der Waals surface area contributed by atoms with Gasteiger partial charge in [0.2, 0.25) is 6.71 Å². The molecule has 0 nitrogen and oxygen atoms in total. The zero-order valence-electron chi connectivity index (χ0n) is 9.66. The van der Waals surface area contributed by atoms with E-state index < -0.39 is 0 Å². The highest BCUT2D eigenvalue weighted by Gasteiger charge is 2.21. The minimum atomic E-state index is 0.261. The summed E-state index contributed by atoms with van der Waals surface area (Å²) in [5, 5.41) is 1.61. The molecule has 0 amide bonds. The number of halogens is 2. The van der Waals surface area contributed by atoms with Crippen molar-refractivity contribution in [3.8, 4) is 0 Å². The topological polar surface area (TPSA) is 0 Å². The Bertz CT molecular complexity index is 466. The Morgan fingerprint density at radius 1 is 0.824 bits per heavy atom. The summed E-state index contributed by atoms with van der Waals surface area (Å²) in [6, 6.07) is 15.9. The van der Waals surface area contributed by atoms with Crippen LogP contribution < -0.4 is 10.9 Å². The smallest absolute Gasteiger partial charge is 0.0849 e. The molecule has 3 heteroatoms. The van der Waals surface area contributed by atoms with Gasteiger partial charge in [0.1, 0.15) is 0 Å². The van der Waals surface area contributed by atoms with Crippen LogP contribution in [-0.2, 0) is 0 Å². The monoisotopic (exact) mass is 262 g/mol. The van der Waals surface area contributed by atoms with E-state index >= 15 is 0 Å². The number of benzene rings is 2. The van der Waals surface area contributed by atoms with Gasteiger partial charge in [-0.2, -0.15) is 0 Å². The second-order valence-corrected chi connectivity index (χ2v) is 4.82. The highest BCUT2D eigenvalue weighted by atomic mass is 35.5. The maximum atomic E-state index is 6.26. The zero-order valence-corrected chi connectivity index (χ0v) is 11.2. The molecule has 0 fully saturated rings. The maximum Gasteiger partial charge on any atom is 0.212 e. The van der Waals surface area contributed by atoms with E-state index in [1.165, 1.54) is 0 Å². The lowest BCUT2D eigenvalue weighted by Gasteiger charge is -2.15. The van der Waals surface area contributed by atoms with Gasteiger partial charge in [0.15, 0.2) is 0 Å². The zero-order chi connectivity index (χ0) is 12.3. The van der Waals surface area contributed by atoms with Crippen LogP contribution >= 0.6 is 23.2 Å². The summed E-state index contributed by atoms with van der Waals surface area (Å²) in [4.78, 5) is 0. The number of rotatable bonds is 3. The Kier molecular flexibility index (Phi) is 4.14. The molecule has 86 valence electrons. The van der Waals surface area contributed by atoms with Crippen molar-refractivity contribution in [3.05, 3.63) is 58.6 Å². The molecule has 0 saturated carbocycles. The molecule has 0 aliphatic heterocycles. The largest absolute Gasteiger partial charge is 0.212 e. The Morgan fingerprint density at radius 3 is 1.59 bits per heavy atom. The van der Waals surface area contributed by atoms with Gasteiger partial charge in [-0.1, -0.05) is 83.8 Å². The van der Waals surface area contributed by atoms with Crippen LogP contribution in [0.15, 0.2) is 48.5 Å². The molecule has 0 N–H and O–H groups in total. The van der Waals surface area contributed by atoms with Gasteiger partial charge in [0.25, 0.3) is 0 Å². The fourth-order valence-corrected chi connectivity index (χ4v) is 2.66. The average molecular weight is 263 g/mol. The minimum absolute atomic E-state index is 0.261. The van der Waals surface area contributed by atoms with Crippen LogP contribution in [0.2, 0.25) is 16.4 Å². The highest BCUT2D eigenvalue weighted by molar-refractivity contribution is 6.88. The second kappa shape index (κ2) is 5.62. The molecule has 2 aromatic carbocycles. The maximum absolute atomic E-state index is 6.26. The van der Waals surface area contributed by atoms with Crippen molar-refractivity contribution in [2.24, 2.45) is 0 Å². The van der Waals surface area contributed by atoms with Crippen LogP contribution in [0.4, 0.5) is 0 Å². The number of hydrogen-bond donors (Lipinski definition) is 0. The van der Waals surface area contributed by atoms with E-state index in [9.17, 15) is 0 Å². The van der Waals surface area contributed by atoms with Gasteiger partial charge < -0.3 is 0 Å². The quantitative estimate of drug-likeness (QED) is 0.742. The van der Waals surface area contributed by atoms with Crippen molar-refractivity contribution in [1.82, 2.24) is 0 Å². The van der Waals surface area contributed by atoms with E-state index in [2.05, 4.69) is 19.1 Å². The summed E-state index contributed by atoms with van der Waals surface area (Å²) in [5.41, 5.74) is 2.29. The Labute approximate surface area is 113 Å². The first-order valence-corrected chi connectivity index (χ1v) is 6.48. The van der Waals surface area contributed by atoms with Gasteiger partial charge in [-0.15, -0.1) is 0 Å². The minimum Gasteiger partial charge on any atom is -0.0849 e. The molecule has 2 rings (SSSR count). The summed E-state index contributed by atoms with van der Waals surface area (Å²) in [6.45, 7) is 2.41. The predicted molar refractivity (Wildman–Crippen MR) is 78.4 cm³/mol. The summed E-state index contributed by atoms with van der Waals surface area (Å²) >= 11 is 12.5. The standard InChI is InChI=1S/C14H13BCl2/c1-2-15(11-7-3-5-9-13(11)16)12-8-4-6-10-14(12)17/h3-10H,2H2,1H3. The molecule has 2 aromatic rings. The summed E-state index contributed by atoms with van der Waals surface area (Å²) in [6.07, 6.45) is 0.980. The summed E-state index contributed by atoms with van der Waals surface area (Å²) < 4.78 is 0. The Hall–Kier alpha value is -0.915. The fraction of sp³-hybridized carbons (Fsp3) is 0.143. The average Bonchev–Trinajstić information content (AvgIpc) is 2.34. The van der Waals surface area contributed by atoms with Crippen molar-refractivity contribution >= 4 is 40.8 Å². The van der Waals surface area contributed by atoms with Crippen LogP contribution in [0.5, 0.6) is 0 Å². The van der Waals surface area contributed by atoms with Gasteiger partial charge in [-0.05, 0) is 12.1 Å². The third-order valence-electron chi connectivity index (χ3n) is 2.97. The third-order valence-corrected chi connectivity index (χ3v) is 3.66. The summed E-state index contributed by atoms with van der Waals surface area (Å²) in [5.74, 6) is 0. The third kappa shape index (κ3) is 2.67. The first-order valence-electron chi connectivity index (χ1n) is 5.73. The van der Waals surface area contributed by atoms with E-state index in [1.54, 1.807) is 0 Å². The first-order chi connectivity index (χ1) is 8.24. The van der Waals surface area contributed by atoms with E-state index in [-0.39, 0.29) is 6.71 Å². The normalized spacial score (nSPS) is 10.3. The van der Waals surface area contributed by atoms with Crippen LogP contribution in [0.3, 0.4) is 0 Å². The van der Waals surface area contributed by atoms with E-state index in [4.69, 9.17) is 23.2 Å². The van der Waals surface area contributed by atoms with Gasteiger partial charge in [0.05, 0.1) is 0 Å². The fourth-order valence-electron chi connectivity index (χ4n) is 2.12. The molecule has 0 spiro atoms. The molecule has 0 unspecified atom stereocenters. The van der Waals surface area contributed by atoms with Crippen LogP contribution in [0, 0.1) is 0 Å². The highest BCUT2D eigenvalue weighted by Crippen LogP contribution is 2.11. The van der Waals surface area contributed by atoms with Crippen molar-refractivity contribution in [1.29, 1.82) is 0 Å². The molecule has 0 saturated heterocycles. The summed E-state index contributed by atoms with van der Waals surface area (Å²) in [7, 11) is 0. The lowest BCUT2D eigenvalue weighted by molar-refractivity contribution is 1.43. The molecule has 0 radical (unpaired) electrons. The van der Waals surface area contributed by atoms with Crippen LogP contribution in [0.1, 0.15) is 6.92 Å². The lowest BCUT2D eigenvalue weighted by atomic mass is 9.39. The Morgan fingerprint density at radius 2 is 1.24 bits per heavy atom. The molecule has 0 aliphatic rings. The second-order valence-electron chi connectivity index (χ2n) is 4.00. The van der Waals surface area contributed by atoms with E-state index in [0.29, 0.717) is 0 Å². The molecular weight excluding hydrogens is 250 g/mol. The molecule has 0 atom stereocenters. The predicted octanol–water partition coefficient (Wildman–Crippen LogP) is 3.62. The molecule has 0 heterocycles. The SMILES string of the molecule is CCB(c1ccccc1Cl)c1ccccc1Cl. The van der Waals surface area contributed by atoms with Gasteiger partial charge in [-0.25, -0.2) is 0 Å². The van der Waals surface area contributed by atoms with Crippen molar-refractivity contribution in [3.63, 3.8) is 0 Å². The van der Waals surface area contributed by atoms with Crippen molar-refractivity contribution < 1.29 is 0 Å². The van der Waals surface area contributed by atoms with Gasteiger partial charge >= 0.3 is 0 Å². The lowest BCUT2D eigenvalue weighted by Crippen LogP contribution is -2.42. The molecule has 17 heavy (non-hydrogen) atoms. The number of hydrogen-bond acceptors (Lipinski definition) is 0. The molecule has 0 aliphatic carbocycles. The molecular formula is C14H13BCl2. The molecule has 0 bridgehead atoms. The van der Waals surface area contributed by atoms with Gasteiger partial charge in [-0.3, -0.25) is 0 Å². The van der Waals surface area contributed by atoms with Crippen LogP contribution in [0.25, 0.3) is 0 Å². The first kappa shape index (κ1) is 12.5. The molecule has 0 aromatic heterocycles. The van der Waals surface area contributed by atoms with Crippen molar-refractivity contribution in [2.75, 3.05) is 0 Å². The van der Waals surface area contributed by atoms with Gasteiger partial charge in [0, 0.05) is 10.0 Å². The van der Waals surface area contributed by atoms with E-state index in [1.807, 2.05) is 36.4 Å². The van der Waals surface area contributed by atoms with E-state index in [0.717, 1.165) is 27.3 Å².